The summed E-state index contributed by atoms with van der Waals surface area (Å²) in [7, 11) is 0. The number of halogens is 1. The summed E-state index contributed by atoms with van der Waals surface area (Å²) < 4.78 is 0. The van der Waals surface area contributed by atoms with Crippen molar-refractivity contribution in [2.45, 2.75) is 44.1 Å². The van der Waals surface area contributed by atoms with E-state index in [1.807, 2.05) is 24.3 Å². The molecule has 1 saturated heterocycles. The summed E-state index contributed by atoms with van der Waals surface area (Å²) in [6.45, 7) is 3.42. The van der Waals surface area contributed by atoms with Crippen LogP contribution < -0.4 is 0 Å². The third-order valence-electron chi connectivity index (χ3n) is 6.51. The van der Waals surface area contributed by atoms with Gasteiger partial charge < -0.3 is 10.0 Å². The molecule has 2 nitrogen and oxygen atoms in total. The molecule has 1 heterocycles. The number of nitrogens with zero attached hydrogens (tertiary/aromatic N) is 1. The van der Waals surface area contributed by atoms with Crippen molar-refractivity contribution in [3.05, 3.63) is 71.8 Å². The summed E-state index contributed by atoms with van der Waals surface area (Å²) in [5.41, 5.74) is 1.45. The zero-order valence-corrected chi connectivity index (χ0v) is 16.9. The Morgan fingerprint density at radius 1 is 0.889 bits per heavy atom. The third kappa shape index (κ3) is 5.13. The molecule has 3 unspecified atom stereocenters. The molecule has 1 aliphatic heterocycles. The fourth-order valence-corrected chi connectivity index (χ4v) is 4.99. The van der Waals surface area contributed by atoms with Crippen LogP contribution in [0.15, 0.2) is 60.7 Å². The average molecular weight is 386 g/mol. The molecule has 1 N–H and O–H groups in total. The van der Waals surface area contributed by atoms with Crippen LogP contribution in [0.1, 0.15) is 43.2 Å². The van der Waals surface area contributed by atoms with Gasteiger partial charge in [-0.1, -0.05) is 67.1 Å². The van der Waals surface area contributed by atoms with E-state index in [9.17, 15) is 5.11 Å². The Morgan fingerprint density at radius 2 is 1.56 bits per heavy atom. The Morgan fingerprint density at radius 3 is 2.30 bits per heavy atom. The molecule has 146 valence electrons. The highest BCUT2D eigenvalue weighted by atomic mass is 35.5. The first-order chi connectivity index (χ1) is 12.7. The summed E-state index contributed by atoms with van der Waals surface area (Å²) in [5, 5.41) is 11.6. The number of likely N-dealkylation sites (tertiary alicyclic amines) is 1. The van der Waals surface area contributed by atoms with Crippen LogP contribution in [0.5, 0.6) is 0 Å². The SMILES string of the molecule is Cl.OC(CCN1CCC2CCC(C2)C1)(Cc1ccccc1)c1ccccc1. The minimum atomic E-state index is -0.798. The molecular formula is C24H32ClNO. The molecule has 0 spiro atoms. The van der Waals surface area contributed by atoms with E-state index in [2.05, 4.69) is 41.3 Å². The predicted molar refractivity (Wildman–Crippen MR) is 114 cm³/mol. The standard InChI is InChI=1S/C24H31NO.ClH/c26-24(23-9-5-2-6-10-23,18-21-7-3-1-4-8-21)14-16-25-15-13-20-11-12-22(17-20)19-25;/h1-10,20,22,26H,11-19H2;1H. The number of rotatable bonds is 6. The first-order valence-corrected chi connectivity index (χ1v) is 10.3. The largest absolute Gasteiger partial charge is 0.385 e. The topological polar surface area (TPSA) is 23.5 Å². The molecule has 2 bridgehead atoms. The molecule has 3 heteroatoms. The van der Waals surface area contributed by atoms with Crippen LogP contribution in [-0.4, -0.2) is 29.6 Å². The monoisotopic (exact) mass is 385 g/mol. The van der Waals surface area contributed by atoms with Crippen molar-refractivity contribution in [3.8, 4) is 0 Å². The molecule has 3 atom stereocenters. The highest BCUT2D eigenvalue weighted by Crippen LogP contribution is 2.37. The van der Waals surface area contributed by atoms with E-state index < -0.39 is 5.60 Å². The van der Waals surface area contributed by atoms with Gasteiger partial charge in [-0.3, -0.25) is 0 Å². The van der Waals surface area contributed by atoms with Crippen LogP contribution in [0.25, 0.3) is 0 Å². The molecule has 1 aliphatic carbocycles. The lowest BCUT2D eigenvalue weighted by atomic mass is 9.84. The summed E-state index contributed by atoms with van der Waals surface area (Å²) in [5.74, 6) is 1.85. The van der Waals surface area contributed by atoms with Crippen molar-refractivity contribution < 1.29 is 5.11 Å². The maximum absolute atomic E-state index is 11.6. The van der Waals surface area contributed by atoms with Crippen LogP contribution >= 0.6 is 12.4 Å². The summed E-state index contributed by atoms with van der Waals surface area (Å²) in [6.07, 6.45) is 7.11. The van der Waals surface area contributed by atoms with Crippen molar-refractivity contribution >= 4 is 12.4 Å². The van der Waals surface area contributed by atoms with Crippen molar-refractivity contribution in [2.24, 2.45) is 11.8 Å². The number of benzene rings is 2. The van der Waals surface area contributed by atoms with Gasteiger partial charge in [-0.05, 0) is 55.2 Å². The molecule has 4 rings (SSSR count). The zero-order valence-electron chi connectivity index (χ0n) is 16.1. The fourth-order valence-electron chi connectivity index (χ4n) is 4.99. The summed E-state index contributed by atoms with van der Waals surface area (Å²) >= 11 is 0. The summed E-state index contributed by atoms with van der Waals surface area (Å²) in [4.78, 5) is 2.61. The molecule has 2 fully saturated rings. The lowest BCUT2D eigenvalue weighted by molar-refractivity contribution is 0.0160. The minimum absolute atomic E-state index is 0. The van der Waals surface area contributed by atoms with Gasteiger partial charge in [0.25, 0.3) is 0 Å². The highest BCUT2D eigenvalue weighted by Gasteiger charge is 2.33. The van der Waals surface area contributed by atoms with Crippen molar-refractivity contribution in [1.82, 2.24) is 4.90 Å². The van der Waals surface area contributed by atoms with Crippen LogP contribution in [0.3, 0.4) is 0 Å². The van der Waals surface area contributed by atoms with Crippen molar-refractivity contribution in [2.75, 3.05) is 19.6 Å². The Labute approximate surface area is 170 Å². The van der Waals surface area contributed by atoms with E-state index in [4.69, 9.17) is 0 Å². The van der Waals surface area contributed by atoms with Crippen LogP contribution in [0.2, 0.25) is 0 Å². The zero-order chi connectivity index (χ0) is 17.8. The quantitative estimate of drug-likeness (QED) is 0.752. The van der Waals surface area contributed by atoms with Crippen molar-refractivity contribution in [1.29, 1.82) is 0 Å². The first kappa shape index (κ1) is 20.4. The fraction of sp³-hybridized carbons (Fsp3) is 0.500. The van der Waals surface area contributed by atoms with Gasteiger partial charge in [-0.25, -0.2) is 0 Å². The van der Waals surface area contributed by atoms with Gasteiger partial charge in [0.1, 0.15) is 0 Å². The van der Waals surface area contributed by atoms with E-state index >= 15 is 0 Å². The third-order valence-corrected chi connectivity index (χ3v) is 6.51. The number of hydrogen-bond acceptors (Lipinski definition) is 2. The molecule has 2 aliphatic rings. The molecule has 1 saturated carbocycles. The molecular weight excluding hydrogens is 354 g/mol. The van der Waals surface area contributed by atoms with Gasteiger partial charge in [0, 0.05) is 19.5 Å². The average Bonchev–Trinajstić information content (AvgIpc) is 3.02. The predicted octanol–water partition coefficient (Wildman–Crippen LogP) is 5.05. The lowest BCUT2D eigenvalue weighted by Crippen LogP contribution is -2.37. The van der Waals surface area contributed by atoms with Gasteiger partial charge in [0.2, 0.25) is 0 Å². The molecule has 0 aromatic heterocycles. The second-order valence-corrected chi connectivity index (χ2v) is 8.44. The van der Waals surface area contributed by atoms with Crippen LogP contribution in [-0.2, 0) is 12.0 Å². The number of fused-ring (bicyclic) bond motifs is 2. The van der Waals surface area contributed by atoms with E-state index in [0.29, 0.717) is 6.42 Å². The Hall–Kier alpha value is -1.35. The maximum atomic E-state index is 11.6. The number of aliphatic hydroxyl groups is 1. The second kappa shape index (κ2) is 9.23. The smallest absolute Gasteiger partial charge is 0.0948 e. The van der Waals surface area contributed by atoms with E-state index in [1.165, 1.54) is 44.3 Å². The molecule has 27 heavy (non-hydrogen) atoms. The second-order valence-electron chi connectivity index (χ2n) is 8.44. The van der Waals surface area contributed by atoms with Crippen LogP contribution in [0, 0.1) is 11.8 Å². The van der Waals surface area contributed by atoms with E-state index in [1.54, 1.807) is 0 Å². The minimum Gasteiger partial charge on any atom is -0.385 e. The van der Waals surface area contributed by atoms with Crippen LogP contribution in [0.4, 0.5) is 0 Å². The molecule has 2 aromatic carbocycles. The van der Waals surface area contributed by atoms with E-state index in [0.717, 1.165) is 30.4 Å². The van der Waals surface area contributed by atoms with Gasteiger partial charge >= 0.3 is 0 Å². The molecule has 2 aromatic rings. The Kier molecular flexibility index (Phi) is 6.97. The van der Waals surface area contributed by atoms with E-state index in [-0.39, 0.29) is 12.4 Å². The van der Waals surface area contributed by atoms with Crippen molar-refractivity contribution in [3.63, 3.8) is 0 Å². The highest BCUT2D eigenvalue weighted by molar-refractivity contribution is 5.85. The number of hydrogen-bond donors (Lipinski definition) is 1. The Bertz CT molecular complexity index is 692. The lowest BCUT2D eigenvalue weighted by Gasteiger charge is -2.33. The Balaban J connectivity index is 0.00000210. The summed E-state index contributed by atoms with van der Waals surface area (Å²) in [6, 6.07) is 20.7. The molecule has 0 radical (unpaired) electrons. The normalized spacial score (nSPS) is 24.6. The molecule has 0 amide bonds. The van der Waals surface area contributed by atoms with Gasteiger partial charge in [-0.2, -0.15) is 0 Å². The van der Waals surface area contributed by atoms with Gasteiger partial charge in [-0.15, -0.1) is 12.4 Å². The first-order valence-electron chi connectivity index (χ1n) is 10.3. The maximum Gasteiger partial charge on any atom is 0.0948 e. The van der Waals surface area contributed by atoms with Gasteiger partial charge in [0.15, 0.2) is 0 Å². The van der Waals surface area contributed by atoms with Gasteiger partial charge in [0.05, 0.1) is 5.60 Å².